The van der Waals surface area contributed by atoms with Crippen LogP contribution >= 0.6 is 0 Å². The van der Waals surface area contributed by atoms with Crippen molar-refractivity contribution in [1.29, 1.82) is 0 Å². The summed E-state index contributed by atoms with van der Waals surface area (Å²) in [6, 6.07) is 5.67. The normalized spacial score (nSPS) is 13.8. The van der Waals surface area contributed by atoms with Crippen LogP contribution in [-0.4, -0.2) is 49.4 Å². The van der Waals surface area contributed by atoms with Crippen molar-refractivity contribution in [2.75, 3.05) is 6.54 Å². The second-order valence-corrected chi connectivity index (χ2v) is 7.10. The highest BCUT2D eigenvalue weighted by Crippen LogP contribution is 2.20. The van der Waals surface area contributed by atoms with E-state index in [0.717, 1.165) is 0 Å². The Morgan fingerprint density at radius 3 is 2.58 bits per heavy atom. The number of rotatable bonds is 3. The molecule has 3 heterocycles. The van der Waals surface area contributed by atoms with E-state index in [1.807, 2.05) is 44.7 Å². The Labute approximate surface area is 153 Å². The third kappa shape index (κ3) is 3.47. The number of H-pyrrole nitrogens is 1. The van der Waals surface area contributed by atoms with Gasteiger partial charge in [0.25, 0.3) is 5.56 Å². The molecule has 0 fully saturated rings. The number of aromatic nitrogens is 3. The van der Waals surface area contributed by atoms with Crippen LogP contribution in [0.3, 0.4) is 0 Å². The minimum atomic E-state index is -0.146. The molecule has 0 radical (unpaired) electrons. The molecule has 3 rings (SSSR count). The van der Waals surface area contributed by atoms with E-state index >= 15 is 0 Å². The fourth-order valence-corrected chi connectivity index (χ4v) is 3.43. The summed E-state index contributed by atoms with van der Waals surface area (Å²) in [5, 5.41) is 0. The number of urea groups is 1. The summed E-state index contributed by atoms with van der Waals surface area (Å²) in [6.45, 7) is 8.91. The van der Waals surface area contributed by atoms with Gasteiger partial charge in [-0.25, -0.2) is 9.78 Å². The van der Waals surface area contributed by atoms with Crippen molar-refractivity contribution in [2.24, 2.45) is 0 Å². The molecule has 7 nitrogen and oxygen atoms in total. The SMILES string of the molecule is CC(C)N(C(=O)N1CCc2c(nc(-c3ccccn3)[nH]c2=O)C1)C(C)C. The van der Waals surface area contributed by atoms with Gasteiger partial charge in [0, 0.05) is 30.4 Å². The predicted octanol–water partition coefficient (Wildman–Crippen LogP) is 2.43. The molecule has 0 aliphatic carbocycles. The first-order valence-electron chi connectivity index (χ1n) is 8.99. The third-order valence-electron chi connectivity index (χ3n) is 4.59. The quantitative estimate of drug-likeness (QED) is 0.917. The second kappa shape index (κ2) is 7.27. The van der Waals surface area contributed by atoms with Crippen molar-refractivity contribution in [3.8, 4) is 11.5 Å². The van der Waals surface area contributed by atoms with Gasteiger partial charge in [-0.15, -0.1) is 0 Å². The van der Waals surface area contributed by atoms with E-state index in [1.165, 1.54) is 0 Å². The Bertz CT molecular complexity index is 837. The van der Waals surface area contributed by atoms with E-state index in [9.17, 15) is 9.59 Å². The van der Waals surface area contributed by atoms with Crippen LogP contribution < -0.4 is 5.56 Å². The number of hydrogen-bond donors (Lipinski definition) is 1. The molecule has 1 aliphatic heterocycles. The van der Waals surface area contributed by atoms with E-state index in [-0.39, 0.29) is 23.7 Å². The maximum absolute atomic E-state index is 13.0. The number of aromatic amines is 1. The average molecular weight is 355 g/mol. The molecule has 0 atom stereocenters. The summed E-state index contributed by atoms with van der Waals surface area (Å²) in [5.41, 5.74) is 1.78. The first-order valence-corrected chi connectivity index (χ1v) is 8.99. The van der Waals surface area contributed by atoms with E-state index in [1.54, 1.807) is 17.2 Å². The fourth-order valence-electron chi connectivity index (χ4n) is 3.43. The Balaban J connectivity index is 1.91. The van der Waals surface area contributed by atoms with Crippen LogP contribution in [0.4, 0.5) is 4.79 Å². The topological polar surface area (TPSA) is 82.2 Å². The van der Waals surface area contributed by atoms with E-state index in [4.69, 9.17) is 0 Å². The van der Waals surface area contributed by atoms with Crippen LogP contribution in [0, 0.1) is 0 Å². The molecule has 26 heavy (non-hydrogen) atoms. The molecular weight excluding hydrogens is 330 g/mol. The van der Waals surface area contributed by atoms with Gasteiger partial charge >= 0.3 is 6.03 Å². The molecular formula is C19H25N5O2. The molecule has 0 saturated carbocycles. The molecule has 2 aromatic rings. The van der Waals surface area contributed by atoms with Crippen molar-refractivity contribution in [1.82, 2.24) is 24.8 Å². The Morgan fingerprint density at radius 2 is 1.96 bits per heavy atom. The van der Waals surface area contributed by atoms with Crippen molar-refractivity contribution >= 4 is 6.03 Å². The van der Waals surface area contributed by atoms with Crippen LogP contribution in [0.15, 0.2) is 29.2 Å². The van der Waals surface area contributed by atoms with Gasteiger partial charge in [-0.1, -0.05) is 6.07 Å². The van der Waals surface area contributed by atoms with Gasteiger partial charge < -0.3 is 14.8 Å². The largest absolute Gasteiger partial charge is 0.320 e. The number of carbonyl (C=O) groups excluding carboxylic acids is 1. The lowest BCUT2D eigenvalue weighted by atomic mass is 10.1. The highest BCUT2D eigenvalue weighted by atomic mass is 16.2. The summed E-state index contributed by atoms with van der Waals surface area (Å²) in [4.78, 5) is 40.7. The monoisotopic (exact) mass is 355 g/mol. The van der Waals surface area contributed by atoms with Crippen LogP contribution in [0.2, 0.25) is 0 Å². The van der Waals surface area contributed by atoms with Crippen molar-refractivity contribution < 1.29 is 4.79 Å². The Kier molecular flexibility index (Phi) is 5.06. The van der Waals surface area contributed by atoms with Crippen LogP contribution in [0.25, 0.3) is 11.5 Å². The number of pyridine rings is 1. The molecule has 0 bridgehead atoms. The number of nitrogens with one attached hydrogen (secondary N) is 1. The Hall–Kier alpha value is -2.70. The molecule has 0 spiro atoms. The van der Waals surface area contributed by atoms with E-state index < -0.39 is 0 Å². The van der Waals surface area contributed by atoms with Crippen LogP contribution in [-0.2, 0) is 13.0 Å². The second-order valence-electron chi connectivity index (χ2n) is 7.10. The third-order valence-corrected chi connectivity index (χ3v) is 4.59. The first kappa shape index (κ1) is 18.1. The van der Waals surface area contributed by atoms with Gasteiger partial charge in [0.2, 0.25) is 0 Å². The molecule has 2 aromatic heterocycles. The number of amides is 2. The Morgan fingerprint density at radius 1 is 1.23 bits per heavy atom. The minimum Gasteiger partial charge on any atom is -0.320 e. The molecule has 7 heteroatoms. The van der Waals surface area contributed by atoms with Crippen molar-refractivity contribution in [3.05, 3.63) is 46.0 Å². The molecule has 0 saturated heterocycles. The minimum absolute atomic E-state index is 0.0119. The summed E-state index contributed by atoms with van der Waals surface area (Å²) in [6.07, 6.45) is 2.17. The van der Waals surface area contributed by atoms with E-state index in [2.05, 4.69) is 15.0 Å². The predicted molar refractivity (Wildman–Crippen MR) is 99.7 cm³/mol. The summed E-state index contributed by atoms with van der Waals surface area (Å²) >= 11 is 0. The van der Waals surface area contributed by atoms with Gasteiger partial charge in [0.05, 0.1) is 12.2 Å². The van der Waals surface area contributed by atoms with Crippen molar-refractivity contribution in [2.45, 2.75) is 52.7 Å². The first-order chi connectivity index (χ1) is 12.4. The highest BCUT2D eigenvalue weighted by molar-refractivity contribution is 5.75. The molecule has 0 aromatic carbocycles. The lowest BCUT2D eigenvalue weighted by Crippen LogP contribution is -2.51. The van der Waals surface area contributed by atoms with Gasteiger partial charge in [-0.05, 0) is 46.2 Å². The zero-order valence-corrected chi connectivity index (χ0v) is 15.7. The van der Waals surface area contributed by atoms with Crippen LogP contribution in [0.1, 0.15) is 39.0 Å². The van der Waals surface area contributed by atoms with Crippen LogP contribution in [0.5, 0.6) is 0 Å². The fraction of sp³-hybridized carbons (Fsp3) is 0.474. The maximum Gasteiger partial charge on any atom is 0.320 e. The van der Waals surface area contributed by atoms with Gasteiger partial charge in [0.1, 0.15) is 5.69 Å². The smallest absolute Gasteiger partial charge is 0.320 e. The lowest BCUT2D eigenvalue weighted by molar-refractivity contribution is 0.119. The number of carbonyl (C=O) groups is 1. The standard InChI is InChI=1S/C19H25N5O2/c1-12(2)24(13(3)4)19(26)23-10-8-14-16(11-23)21-17(22-18(14)25)15-7-5-6-9-20-15/h5-7,9,12-13H,8,10-11H2,1-4H3,(H,21,22,25). The number of fused-ring (bicyclic) bond motifs is 1. The van der Waals surface area contributed by atoms with Crippen molar-refractivity contribution in [3.63, 3.8) is 0 Å². The molecule has 138 valence electrons. The summed E-state index contributed by atoms with van der Waals surface area (Å²) in [7, 11) is 0. The zero-order chi connectivity index (χ0) is 18.8. The average Bonchev–Trinajstić information content (AvgIpc) is 2.61. The van der Waals surface area contributed by atoms with Gasteiger partial charge in [0.15, 0.2) is 5.82 Å². The maximum atomic E-state index is 13.0. The highest BCUT2D eigenvalue weighted by Gasteiger charge is 2.30. The van der Waals surface area contributed by atoms with Gasteiger partial charge in [-0.3, -0.25) is 9.78 Å². The lowest BCUT2D eigenvalue weighted by Gasteiger charge is -2.37. The number of nitrogens with zero attached hydrogens (tertiary/aromatic N) is 4. The molecule has 2 amide bonds. The molecule has 1 N–H and O–H groups in total. The number of hydrogen-bond acceptors (Lipinski definition) is 4. The molecule has 0 unspecified atom stereocenters. The zero-order valence-electron chi connectivity index (χ0n) is 15.7. The molecule has 1 aliphatic rings. The summed E-state index contributed by atoms with van der Waals surface area (Å²) < 4.78 is 0. The van der Waals surface area contributed by atoms with Gasteiger partial charge in [-0.2, -0.15) is 0 Å². The van der Waals surface area contributed by atoms with E-state index in [0.29, 0.717) is 42.3 Å². The summed E-state index contributed by atoms with van der Waals surface area (Å²) in [5.74, 6) is 0.438.